The van der Waals surface area contributed by atoms with Gasteiger partial charge in [0.05, 0.1) is 7.11 Å². The van der Waals surface area contributed by atoms with Crippen LogP contribution in [0.1, 0.15) is 80.7 Å². The molecule has 0 saturated heterocycles. The van der Waals surface area contributed by atoms with Gasteiger partial charge in [0.2, 0.25) is 11.8 Å². The Bertz CT molecular complexity index is 1350. The molecule has 0 aliphatic carbocycles. The van der Waals surface area contributed by atoms with Gasteiger partial charge in [-0.25, -0.2) is 5.06 Å². The maximum atomic E-state index is 13.8. The van der Waals surface area contributed by atoms with Gasteiger partial charge in [0, 0.05) is 37.7 Å². The summed E-state index contributed by atoms with van der Waals surface area (Å²) in [7, 11) is 2.85. The Morgan fingerprint density at radius 2 is 1.20 bits per heavy atom. The zero-order chi connectivity index (χ0) is 36.5. The molecule has 0 spiro atoms. The minimum absolute atomic E-state index is 0.0343. The van der Waals surface area contributed by atoms with Crippen LogP contribution in [-0.2, 0) is 25.6 Å². The number of benzene rings is 2. The lowest BCUT2D eigenvalue weighted by Crippen LogP contribution is -2.57. The van der Waals surface area contributed by atoms with Crippen molar-refractivity contribution in [2.24, 2.45) is 11.8 Å². The van der Waals surface area contributed by atoms with Gasteiger partial charge in [0.1, 0.15) is 18.1 Å². The molecule has 12 nitrogen and oxygen atoms in total. The van der Waals surface area contributed by atoms with Gasteiger partial charge in [-0.3, -0.25) is 28.8 Å². The zero-order valence-electron chi connectivity index (χ0n) is 30.4. The van der Waals surface area contributed by atoms with Crippen LogP contribution < -0.4 is 21.3 Å². The van der Waals surface area contributed by atoms with Gasteiger partial charge in [0.15, 0.2) is 0 Å². The average Bonchev–Trinajstić information content (AvgIpc) is 3.08. The summed E-state index contributed by atoms with van der Waals surface area (Å²) in [6.45, 7) is 14.9. The first-order chi connectivity index (χ1) is 23.3. The van der Waals surface area contributed by atoms with E-state index in [2.05, 4.69) is 40.0 Å². The van der Waals surface area contributed by atoms with E-state index >= 15 is 0 Å². The van der Waals surface area contributed by atoms with Crippen molar-refractivity contribution < 1.29 is 28.8 Å². The molecule has 0 aliphatic heterocycles. The number of hydroxylamine groups is 2. The molecular weight excluding hydrogens is 624 g/mol. The van der Waals surface area contributed by atoms with E-state index in [0.29, 0.717) is 24.9 Å². The van der Waals surface area contributed by atoms with Gasteiger partial charge in [-0.2, -0.15) is 0 Å². The lowest BCUT2D eigenvalue weighted by Gasteiger charge is -2.28. The molecule has 2 aromatic rings. The van der Waals surface area contributed by atoms with Crippen LogP contribution in [0.5, 0.6) is 0 Å². The maximum Gasteiger partial charge on any atom is 0.268 e. The van der Waals surface area contributed by atoms with Crippen LogP contribution in [0, 0.1) is 11.8 Å². The minimum atomic E-state index is -1.02. The highest BCUT2D eigenvalue weighted by Gasteiger charge is 2.32. The number of likely N-dealkylation sites (N-methyl/N-ethyl adjacent to an activating group) is 2. The summed E-state index contributed by atoms with van der Waals surface area (Å²) in [5, 5.41) is 12.5. The lowest BCUT2D eigenvalue weighted by molar-refractivity contribution is -0.172. The molecule has 3 atom stereocenters. The molecule has 5 amide bonds. The van der Waals surface area contributed by atoms with E-state index in [0.717, 1.165) is 30.3 Å². The predicted octanol–water partition coefficient (Wildman–Crippen LogP) is 3.18. The smallest absolute Gasteiger partial charge is 0.268 e. The summed E-state index contributed by atoms with van der Waals surface area (Å²) >= 11 is 0. The molecule has 49 heavy (non-hydrogen) atoms. The SMILES string of the molecule is CCN(CC)CCNC(=O)c1ccc(C(=O)N[C@@H](Cc2ccccc2)C(=O)N[C@@H](CC(C)C)C(=O)N[C@@H](CC(C)C)C(=O)N(C)OC)cc1. The third-order valence-electron chi connectivity index (χ3n) is 8.17. The van der Waals surface area contributed by atoms with E-state index < -0.39 is 41.8 Å². The highest BCUT2D eigenvalue weighted by atomic mass is 16.7. The van der Waals surface area contributed by atoms with Crippen LogP contribution in [0.4, 0.5) is 0 Å². The molecule has 0 fully saturated rings. The Kier molecular flexibility index (Phi) is 17.5. The fourth-order valence-corrected chi connectivity index (χ4v) is 5.29. The Morgan fingerprint density at radius 3 is 1.73 bits per heavy atom. The van der Waals surface area contributed by atoms with Crippen LogP contribution in [0.15, 0.2) is 54.6 Å². The molecule has 4 N–H and O–H groups in total. The molecule has 2 aromatic carbocycles. The van der Waals surface area contributed by atoms with Gasteiger partial charge in [0.25, 0.3) is 17.7 Å². The van der Waals surface area contributed by atoms with Crippen LogP contribution in [0.2, 0.25) is 0 Å². The third kappa shape index (κ3) is 14.0. The summed E-state index contributed by atoms with van der Waals surface area (Å²) in [5.74, 6) is -2.04. The van der Waals surface area contributed by atoms with Crippen molar-refractivity contribution in [3.8, 4) is 0 Å². The summed E-state index contributed by atoms with van der Waals surface area (Å²) in [4.78, 5) is 73.7. The first-order valence-electron chi connectivity index (χ1n) is 17.2. The average molecular weight is 681 g/mol. The largest absolute Gasteiger partial charge is 0.351 e. The second kappa shape index (κ2) is 20.9. The van der Waals surface area contributed by atoms with Crippen molar-refractivity contribution in [3.63, 3.8) is 0 Å². The second-order valence-electron chi connectivity index (χ2n) is 13.0. The van der Waals surface area contributed by atoms with E-state index in [-0.39, 0.29) is 29.7 Å². The van der Waals surface area contributed by atoms with Gasteiger partial charge in [-0.05, 0) is 67.6 Å². The van der Waals surface area contributed by atoms with Crippen LogP contribution >= 0.6 is 0 Å². The van der Waals surface area contributed by atoms with Gasteiger partial charge >= 0.3 is 0 Å². The molecule has 0 heterocycles. The molecule has 0 aromatic heterocycles. The summed E-state index contributed by atoms with van der Waals surface area (Å²) < 4.78 is 0. The van der Waals surface area contributed by atoms with Gasteiger partial charge in [-0.1, -0.05) is 71.9 Å². The zero-order valence-corrected chi connectivity index (χ0v) is 30.4. The number of carbonyl (C=O) groups excluding carboxylic acids is 5. The van der Waals surface area contributed by atoms with E-state index in [1.165, 1.54) is 14.2 Å². The molecule has 12 heteroatoms. The number of hydrogen-bond acceptors (Lipinski definition) is 7. The normalized spacial score (nSPS) is 13.0. The summed E-state index contributed by atoms with van der Waals surface area (Å²) in [5.41, 5.74) is 1.51. The maximum absolute atomic E-state index is 13.8. The van der Waals surface area contributed by atoms with Crippen LogP contribution in [-0.4, -0.2) is 98.0 Å². The summed E-state index contributed by atoms with van der Waals surface area (Å²) in [6.07, 6.45) is 0.864. The van der Waals surface area contributed by atoms with Crippen molar-refractivity contribution in [1.82, 2.24) is 31.2 Å². The van der Waals surface area contributed by atoms with Crippen molar-refractivity contribution in [3.05, 3.63) is 71.3 Å². The quantitative estimate of drug-likeness (QED) is 0.157. The fourth-order valence-electron chi connectivity index (χ4n) is 5.29. The van der Waals surface area contributed by atoms with Crippen molar-refractivity contribution in [1.29, 1.82) is 0 Å². The molecule has 0 unspecified atom stereocenters. The molecule has 2 rings (SSSR count). The molecule has 0 aliphatic rings. The van der Waals surface area contributed by atoms with Crippen molar-refractivity contribution in [2.75, 3.05) is 40.3 Å². The predicted molar refractivity (Wildman–Crippen MR) is 191 cm³/mol. The lowest BCUT2D eigenvalue weighted by atomic mass is 9.99. The number of carbonyl (C=O) groups is 5. The van der Waals surface area contributed by atoms with E-state index in [1.54, 1.807) is 24.3 Å². The number of nitrogens with zero attached hydrogens (tertiary/aromatic N) is 2. The Morgan fingerprint density at radius 1 is 0.694 bits per heavy atom. The molecule has 0 radical (unpaired) electrons. The first-order valence-corrected chi connectivity index (χ1v) is 17.2. The molecular formula is C37H56N6O6. The van der Waals surface area contributed by atoms with Crippen LogP contribution in [0.25, 0.3) is 0 Å². The monoisotopic (exact) mass is 680 g/mol. The van der Waals surface area contributed by atoms with E-state index in [1.807, 2.05) is 58.0 Å². The molecule has 0 bridgehead atoms. The van der Waals surface area contributed by atoms with Gasteiger partial charge < -0.3 is 26.2 Å². The fraction of sp³-hybridized carbons (Fsp3) is 0.541. The summed E-state index contributed by atoms with van der Waals surface area (Å²) in [6, 6.07) is 12.7. The highest BCUT2D eigenvalue weighted by Crippen LogP contribution is 2.13. The number of hydrogen-bond donors (Lipinski definition) is 4. The Hall–Kier alpha value is -4.29. The minimum Gasteiger partial charge on any atom is -0.351 e. The topological polar surface area (TPSA) is 149 Å². The standard InChI is InChI=1S/C37H56N6O6/c1-9-43(10-2)21-20-38-33(44)28-16-18-29(19-17-28)34(45)39-31(24-27-14-12-11-13-15-27)36(47)40-30(22-25(3)4)35(46)41-32(23-26(5)6)37(48)42(7)49-8/h11-19,25-26,30-32H,9-10,20-24H2,1-8H3,(H,38,44)(H,39,45)(H,40,47)(H,41,46)/t30-,31-,32-/m0/s1. The number of nitrogens with one attached hydrogen (secondary N) is 4. The van der Waals surface area contributed by atoms with E-state index in [9.17, 15) is 24.0 Å². The van der Waals surface area contributed by atoms with Gasteiger partial charge in [-0.15, -0.1) is 0 Å². The van der Waals surface area contributed by atoms with E-state index in [4.69, 9.17) is 4.84 Å². The number of amides is 5. The third-order valence-corrected chi connectivity index (χ3v) is 8.17. The first kappa shape index (κ1) is 40.9. The van der Waals surface area contributed by atoms with Crippen molar-refractivity contribution in [2.45, 2.75) is 78.9 Å². The Balaban J connectivity index is 2.23. The van der Waals surface area contributed by atoms with Crippen molar-refractivity contribution >= 4 is 29.5 Å². The number of rotatable bonds is 20. The highest BCUT2D eigenvalue weighted by molar-refractivity contribution is 6.00. The second-order valence-corrected chi connectivity index (χ2v) is 13.0. The Labute approximate surface area is 291 Å². The van der Waals surface area contributed by atoms with Crippen LogP contribution in [0.3, 0.4) is 0 Å². The molecule has 270 valence electrons. The molecule has 0 saturated carbocycles.